The van der Waals surface area contributed by atoms with Gasteiger partial charge in [-0.2, -0.15) is 0 Å². The number of carbonyl (C=O) groups is 2. The molecule has 0 fully saturated rings. The zero-order chi connectivity index (χ0) is 5.28. The molecule has 5 heteroatoms. The van der Waals surface area contributed by atoms with Gasteiger partial charge in [-0.1, -0.05) is 0 Å². The van der Waals surface area contributed by atoms with Crippen molar-refractivity contribution in [1.29, 1.82) is 0 Å². The average molecular weight is 245 g/mol. The number of esters is 2. The fraction of sp³-hybridized carbons (Fsp3) is 0. The molecule has 1 radical (unpaired) electrons. The molecule has 0 N–H and O–H groups in total. The molecular formula is C4H2MoO3V. The first-order valence-corrected chi connectivity index (χ1v) is 1.73. The molecule has 0 bridgehead atoms. The van der Waals surface area contributed by atoms with Gasteiger partial charge in [-0.15, -0.1) is 0 Å². The zero-order valence-electron chi connectivity index (χ0n) is 4.23. The largest absolute Gasteiger partial charge is 0.387 e. The van der Waals surface area contributed by atoms with Crippen molar-refractivity contribution >= 4 is 11.9 Å². The molecule has 0 saturated carbocycles. The zero-order valence-corrected chi connectivity index (χ0v) is 7.64. The van der Waals surface area contributed by atoms with Gasteiger partial charge in [0.1, 0.15) is 0 Å². The molecule has 0 aromatic rings. The number of rotatable bonds is 0. The van der Waals surface area contributed by atoms with Crippen molar-refractivity contribution in [2.75, 3.05) is 0 Å². The van der Waals surface area contributed by atoms with Gasteiger partial charge in [0.05, 0.1) is 0 Å². The molecule has 0 amide bonds. The van der Waals surface area contributed by atoms with Crippen LogP contribution in [0.4, 0.5) is 0 Å². The Balaban J connectivity index is 0. The first-order chi connectivity index (χ1) is 3.29. The standard InChI is InChI=1S/C4H2O3.Mo.V/c5-3-1-2-4(6)7-3;;/h1-2H;;. The summed E-state index contributed by atoms with van der Waals surface area (Å²) in [7, 11) is 0. The van der Waals surface area contributed by atoms with Crippen molar-refractivity contribution in [3.8, 4) is 0 Å². The Morgan fingerprint density at radius 3 is 1.56 bits per heavy atom. The van der Waals surface area contributed by atoms with Gasteiger partial charge < -0.3 is 4.74 Å². The summed E-state index contributed by atoms with van der Waals surface area (Å²) >= 11 is 0. The average Bonchev–Trinajstić information content (AvgIpc) is 1.87. The predicted octanol–water partition coefficient (Wildman–Crippen LogP) is -0.379. The predicted molar refractivity (Wildman–Crippen MR) is 20.2 cm³/mol. The molecule has 0 saturated heterocycles. The van der Waals surface area contributed by atoms with E-state index in [1.165, 1.54) is 0 Å². The monoisotopic (exact) mass is 247 g/mol. The van der Waals surface area contributed by atoms with Crippen LogP contribution in [0.25, 0.3) is 0 Å². The van der Waals surface area contributed by atoms with E-state index in [1.807, 2.05) is 0 Å². The van der Waals surface area contributed by atoms with Gasteiger partial charge in [0.15, 0.2) is 0 Å². The minimum Gasteiger partial charge on any atom is -0.387 e. The van der Waals surface area contributed by atoms with E-state index in [0.717, 1.165) is 12.2 Å². The molecule has 0 unspecified atom stereocenters. The van der Waals surface area contributed by atoms with E-state index in [-0.39, 0.29) is 39.6 Å². The van der Waals surface area contributed by atoms with Gasteiger partial charge >= 0.3 is 11.9 Å². The Morgan fingerprint density at radius 2 is 1.44 bits per heavy atom. The number of hydrogen-bond acceptors (Lipinski definition) is 3. The van der Waals surface area contributed by atoms with Crippen LogP contribution in [0.15, 0.2) is 12.2 Å². The summed E-state index contributed by atoms with van der Waals surface area (Å²) in [5.41, 5.74) is 0. The van der Waals surface area contributed by atoms with Crippen molar-refractivity contribution in [2.24, 2.45) is 0 Å². The Labute approximate surface area is 78.0 Å². The van der Waals surface area contributed by atoms with Crippen molar-refractivity contribution in [3.05, 3.63) is 12.2 Å². The summed E-state index contributed by atoms with van der Waals surface area (Å²) in [6, 6.07) is 0. The Morgan fingerprint density at radius 1 is 1.11 bits per heavy atom. The van der Waals surface area contributed by atoms with Gasteiger partial charge in [-0.25, -0.2) is 9.59 Å². The molecule has 1 aliphatic rings. The second kappa shape index (κ2) is 4.98. The summed E-state index contributed by atoms with van der Waals surface area (Å²) in [6.07, 6.45) is 2.17. The summed E-state index contributed by atoms with van der Waals surface area (Å²) < 4.78 is 3.97. The smallest absolute Gasteiger partial charge is 0.338 e. The van der Waals surface area contributed by atoms with Crippen LogP contribution in [0.3, 0.4) is 0 Å². The normalized spacial score (nSPS) is 13.8. The van der Waals surface area contributed by atoms with E-state index in [0.29, 0.717) is 0 Å². The van der Waals surface area contributed by atoms with Crippen molar-refractivity contribution < 1.29 is 53.9 Å². The van der Waals surface area contributed by atoms with E-state index in [9.17, 15) is 9.59 Å². The van der Waals surface area contributed by atoms with E-state index in [4.69, 9.17) is 0 Å². The number of hydrogen-bond donors (Lipinski definition) is 0. The van der Waals surface area contributed by atoms with Gasteiger partial charge in [0.25, 0.3) is 0 Å². The molecule has 0 aromatic heterocycles. The van der Waals surface area contributed by atoms with E-state index >= 15 is 0 Å². The van der Waals surface area contributed by atoms with Crippen molar-refractivity contribution in [3.63, 3.8) is 0 Å². The van der Waals surface area contributed by atoms with Crippen LogP contribution in [-0.4, -0.2) is 11.9 Å². The minimum atomic E-state index is -0.579. The molecule has 3 nitrogen and oxygen atoms in total. The second-order valence-electron chi connectivity index (χ2n) is 1.07. The van der Waals surface area contributed by atoms with E-state index in [2.05, 4.69) is 4.74 Å². The maximum Gasteiger partial charge on any atom is 0.338 e. The topological polar surface area (TPSA) is 43.4 Å². The quantitative estimate of drug-likeness (QED) is 0.332. The van der Waals surface area contributed by atoms with Crippen LogP contribution in [0.1, 0.15) is 0 Å². The molecule has 1 rings (SSSR count). The molecule has 47 valence electrons. The van der Waals surface area contributed by atoms with Crippen molar-refractivity contribution in [1.82, 2.24) is 0 Å². The number of carbonyl (C=O) groups excluding carboxylic acids is 2. The Kier molecular flexibility index (Phi) is 6.58. The summed E-state index contributed by atoms with van der Waals surface area (Å²) in [5, 5.41) is 0. The van der Waals surface area contributed by atoms with E-state index < -0.39 is 11.9 Å². The fourth-order valence-electron chi connectivity index (χ4n) is 0.303. The Bertz CT molecular complexity index is 138. The molecule has 0 spiro atoms. The van der Waals surface area contributed by atoms with Crippen LogP contribution in [0.5, 0.6) is 0 Å². The summed E-state index contributed by atoms with van der Waals surface area (Å²) in [6.45, 7) is 0. The van der Waals surface area contributed by atoms with Gasteiger partial charge in [0, 0.05) is 51.8 Å². The maximum atomic E-state index is 9.92. The van der Waals surface area contributed by atoms with Crippen LogP contribution in [-0.2, 0) is 53.9 Å². The van der Waals surface area contributed by atoms with E-state index in [1.54, 1.807) is 0 Å². The third-order valence-electron chi connectivity index (χ3n) is 0.557. The number of ether oxygens (including phenoxy) is 1. The molecule has 0 aliphatic carbocycles. The molecular weight excluding hydrogens is 243 g/mol. The summed E-state index contributed by atoms with van der Waals surface area (Å²) in [5.74, 6) is -1.16. The Hall–Kier alpha value is 0.153. The second-order valence-corrected chi connectivity index (χ2v) is 1.07. The van der Waals surface area contributed by atoms with Gasteiger partial charge in [-0.05, 0) is 0 Å². The summed E-state index contributed by atoms with van der Waals surface area (Å²) in [4.78, 5) is 19.8. The minimum absolute atomic E-state index is 0. The van der Waals surface area contributed by atoms with Crippen molar-refractivity contribution in [2.45, 2.75) is 0 Å². The first-order valence-electron chi connectivity index (χ1n) is 1.73. The van der Waals surface area contributed by atoms with Gasteiger partial charge in [-0.3, -0.25) is 0 Å². The third kappa shape index (κ3) is 3.68. The number of cyclic esters (lactones) is 2. The first kappa shape index (κ1) is 11.9. The molecule has 1 aliphatic heterocycles. The SMILES string of the molecule is O=C1C=CC(=O)O1.[Mo].[V]. The van der Waals surface area contributed by atoms with Crippen LogP contribution in [0, 0.1) is 0 Å². The van der Waals surface area contributed by atoms with Crippen LogP contribution >= 0.6 is 0 Å². The molecule has 0 aromatic carbocycles. The third-order valence-corrected chi connectivity index (χ3v) is 0.557. The van der Waals surface area contributed by atoms with Gasteiger partial charge in [0.2, 0.25) is 0 Å². The van der Waals surface area contributed by atoms with Crippen LogP contribution < -0.4 is 0 Å². The molecule has 0 atom stereocenters. The maximum absolute atomic E-state index is 9.92. The molecule has 1 heterocycles. The fourth-order valence-corrected chi connectivity index (χ4v) is 0.303. The molecule has 9 heavy (non-hydrogen) atoms. The van der Waals surface area contributed by atoms with Crippen LogP contribution in [0.2, 0.25) is 0 Å².